The van der Waals surface area contributed by atoms with Crippen molar-refractivity contribution in [2.45, 2.75) is 18.7 Å². The number of ether oxygens (including phenoxy) is 3. The van der Waals surface area contributed by atoms with E-state index in [1.807, 2.05) is 6.92 Å². The van der Waals surface area contributed by atoms with Gasteiger partial charge in [0.15, 0.2) is 0 Å². The van der Waals surface area contributed by atoms with Crippen LogP contribution in [0.25, 0.3) is 0 Å². The smallest absolute Gasteiger partial charge is 0.326 e. The number of methoxy groups -OCH3 is 1. The van der Waals surface area contributed by atoms with Crippen LogP contribution in [-0.4, -0.2) is 41.3 Å². The van der Waals surface area contributed by atoms with Crippen LogP contribution in [0.3, 0.4) is 0 Å². The van der Waals surface area contributed by atoms with Crippen LogP contribution in [0.1, 0.15) is 13.8 Å². The van der Waals surface area contributed by atoms with E-state index in [0.717, 1.165) is 4.31 Å². The molecule has 0 atom stereocenters. The predicted octanol–water partition coefficient (Wildman–Crippen LogP) is 2.85. The summed E-state index contributed by atoms with van der Waals surface area (Å²) in [5.74, 6) is 0.396. The molecule has 0 N–H and O–H groups in total. The van der Waals surface area contributed by atoms with Gasteiger partial charge in [-0.25, -0.2) is 8.42 Å². The average Bonchev–Trinajstić information content (AvgIpc) is 2.67. The number of benzene rings is 2. The highest BCUT2D eigenvalue weighted by Gasteiger charge is 2.28. The van der Waals surface area contributed by atoms with Crippen LogP contribution in [-0.2, 0) is 19.6 Å². The second kappa shape index (κ2) is 9.27. The first-order chi connectivity index (χ1) is 12.9. The van der Waals surface area contributed by atoms with Crippen LogP contribution in [0.2, 0.25) is 0 Å². The molecule has 0 unspecified atom stereocenters. The predicted molar refractivity (Wildman–Crippen MR) is 102 cm³/mol. The SMILES string of the molecule is CCOC(=O)CN(c1cccc(OC)c1)S(=O)(=O)c1ccc(OCC)cc1. The molecule has 8 heteroatoms. The van der Waals surface area contributed by atoms with Crippen LogP contribution in [0, 0.1) is 0 Å². The van der Waals surface area contributed by atoms with Crippen LogP contribution < -0.4 is 13.8 Å². The van der Waals surface area contributed by atoms with Crippen molar-refractivity contribution in [3.8, 4) is 11.5 Å². The number of nitrogens with zero attached hydrogens (tertiary/aromatic N) is 1. The first kappa shape index (κ1) is 20.6. The molecule has 2 aromatic carbocycles. The number of esters is 1. The number of carbonyl (C=O) groups excluding carboxylic acids is 1. The first-order valence-corrected chi connectivity index (χ1v) is 9.91. The van der Waals surface area contributed by atoms with Gasteiger partial charge >= 0.3 is 5.97 Å². The van der Waals surface area contributed by atoms with Crippen LogP contribution >= 0.6 is 0 Å². The van der Waals surface area contributed by atoms with Crippen molar-refractivity contribution in [3.63, 3.8) is 0 Å². The maximum atomic E-state index is 13.2. The van der Waals surface area contributed by atoms with E-state index in [1.54, 1.807) is 43.3 Å². The Labute approximate surface area is 159 Å². The molecule has 0 heterocycles. The zero-order valence-corrected chi connectivity index (χ0v) is 16.4. The van der Waals surface area contributed by atoms with Gasteiger partial charge in [0.2, 0.25) is 0 Å². The standard InChI is InChI=1S/C19H23NO6S/c1-4-25-16-9-11-18(12-10-16)27(22,23)20(14-19(21)26-5-2)15-7-6-8-17(13-15)24-3/h6-13H,4-5,14H2,1-3H3. The Morgan fingerprint density at radius 1 is 1.00 bits per heavy atom. The molecule has 0 aliphatic rings. The lowest BCUT2D eigenvalue weighted by molar-refractivity contribution is -0.141. The van der Waals surface area contributed by atoms with Gasteiger partial charge in [0, 0.05) is 6.07 Å². The molecule has 0 fully saturated rings. The summed E-state index contributed by atoms with van der Waals surface area (Å²) in [6.45, 7) is 3.69. The van der Waals surface area contributed by atoms with Gasteiger partial charge < -0.3 is 14.2 Å². The summed E-state index contributed by atoms with van der Waals surface area (Å²) in [5, 5.41) is 0. The quantitative estimate of drug-likeness (QED) is 0.610. The number of rotatable bonds is 9. The largest absolute Gasteiger partial charge is 0.497 e. The molecule has 0 saturated heterocycles. The van der Waals surface area contributed by atoms with Crippen molar-refractivity contribution in [3.05, 3.63) is 48.5 Å². The molecule has 0 spiro atoms. The Hall–Kier alpha value is -2.74. The number of carbonyl (C=O) groups is 1. The lowest BCUT2D eigenvalue weighted by Crippen LogP contribution is -2.36. The molecule has 0 bridgehead atoms. The Balaban J connectivity index is 2.45. The van der Waals surface area contributed by atoms with Crippen LogP contribution in [0.5, 0.6) is 11.5 Å². The van der Waals surface area contributed by atoms with E-state index in [0.29, 0.717) is 23.8 Å². The molecular formula is C19H23NO6S. The lowest BCUT2D eigenvalue weighted by atomic mass is 10.3. The minimum Gasteiger partial charge on any atom is -0.497 e. The van der Waals surface area contributed by atoms with E-state index in [2.05, 4.69) is 0 Å². The molecule has 0 aliphatic carbocycles. The highest BCUT2D eigenvalue weighted by molar-refractivity contribution is 7.92. The second-order valence-corrected chi connectivity index (χ2v) is 7.28. The fourth-order valence-corrected chi connectivity index (χ4v) is 3.81. The van der Waals surface area contributed by atoms with Gasteiger partial charge in [-0.1, -0.05) is 6.07 Å². The Bertz CT molecular complexity index is 864. The van der Waals surface area contributed by atoms with Crippen LogP contribution in [0.4, 0.5) is 5.69 Å². The third-order valence-corrected chi connectivity index (χ3v) is 5.43. The van der Waals surface area contributed by atoms with E-state index in [1.165, 1.54) is 19.2 Å². The van der Waals surface area contributed by atoms with Crippen molar-refractivity contribution in [2.75, 3.05) is 31.2 Å². The van der Waals surface area contributed by atoms with E-state index < -0.39 is 22.5 Å². The summed E-state index contributed by atoms with van der Waals surface area (Å²) in [6, 6.07) is 12.5. The molecule has 27 heavy (non-hydrogen) atoms. The van der Waals surface area contributed by atoms with Crippen molar-refractivity contribution in [2.24, 2.45) is 0 Å². The topological polar surface area (TPSA) is 82.1 Å². The summed E-state index contributed by atoms with van der Waals surface area (Å²) in [7, 11) is -2.52. The molecule has 0 aliphatic heterocycles. The Morgan fingerprint density at radius 3 is 2.30 bits per heavy atom. The Morgan fingerprint density at radius 2 is 1.70 bits per heavy atom. The molecule has 0 radical (unpaired) electrons. The van der Waals surface area contributed by atoms with Gasteiger partial charge in [-0.3, -0.25) is 9.10 Å². The molecule has 0 amide bonds. The summed E-state index contributed by atoms with van der Waals surface area (Å²) >= 11 is 0. The number of sulfonamides is 1. The summed E-state index contributed by atoms with van der Waals surface area (Å²) < 4.78 is 42.8. The Kier molecular flexibility index (Phi) is 7.06. The lowest BCUT2D eigenvalue weighted by Gasteiger charge is -2.24. The third-order valence-electron chi connectivity index (χ3n) is 3.64. The number of hydrogen-bond acceptors (Lipinski definition) is 6. The highest BCUT2D eigenvalue weighted by atomic mass is 32.2. The van der Waals surface area contributed by atoms with Gasteiger partial charge in [0.05, 0.1) is 30.9 Å². The second-order valence-electron chi connectivity index (χ2n) is 5.42. The zero-order valence-electron chi connectivity index (χ0n) is 15.5. The molecule has 2 rings (SSSR count). The van der Waals surface area contributed by atoms with E-state index >= 15 is 0 Å². The average molecular weight is 393 g/mol. The molecule has 0 aromatic heterocycles. The minimum atomic E-state index is -4.00. The fraction of sp³-hybridized carbons (Fsp3) is 0.316. The van der Waals surface area contributed by atoms with Gasteiger partial charge in [0.1, 0.15) is 18.0 Å². The monoisotopic (exact) mass is 393 g/mol. The van der Waals surface area contributed by atoms with Crippen molar-refractivity contribution >= 4 is 21.7 Å². The van der Waals surface area contributed by atoms with Gasteiger partial charge in [-0.15, -0.1) is 0 Å². The van der Waals surface area contributed by atoms with Gasteiger partial charge in [0.25, 0.3) is 10.0 Å². The fourth-order valence-electron chi connectivity index (χ4n) is 2.41. The minimum absolute atomic E-state index is 0.0399. The molecule has 2 aromatic rings. The third kappa shape index (κ3) is 5.13. The highest BCUT2D eigenvalue weighted by Crippen LogP contribution is 2.28. The zero-order chi connectivity index (χ0) is 19.9. The number of hydrogen-bond donors (Lipinski definition) is 0. The summed E-state index contributed by atoms with van der Waals surface area (Å²) in [6.07, 6.45) is 0. The van der Waals surface area contributed by atoms with Gasteiger partial charge in [-0.2, -0.15) is 0 Å². The van der Waals surface area contributed by atoms with E-state index in [-0.39, 0.29) is 11.5 Å². The molecule has 7 nitrogen and oxygen atoms in total. The van der Waals surface area contributed by atoms with Crippen molar-refractivity contribution in [1.82, 2.24) is 0 Å². The maximum absolute atomic E-state index is 13.2. The van der Waals surface area contributed by atoms with E-state index in [9.17, 15) is 13.2 Å². The van der Waals surface area contributed by atoms with Crippen LogP contribution in [0.15, 0.2) is 53.4 Å². The summed E-state index contributed by atoms with van der Waals surface area (Å²) in [4.78, 5) is 12.1. The van der Waals surface area contributed by atoms with Crippen molar-refractivity contribution in [1.29, 1.82) is 0 Å². The van der Waals surface area contributed by atoms with Gasteiger partial charge in [-0.05, 0) is 50.2 Å². The molecular weight excluding hydrogens is 370 g/mol. The molecule has 146 valence electrons. The normalized spacial score (nSPS) is 10.9. The maximum Gasteiger partial charge on any atom is 0.326 e. The molecule has 0 saturated carbocycles. The first-order valence-electron chi connectivity index (χ1n) is 8.47. The van der Waals surface area contributed by atoms with Crippen molar-refractivity contribution < 1.29 is 27.4 Å². The number of anilines is 1. The summed E-state index contributed by atoms with van der Waals surface area (Å²) in [5.41, 5.74) is 0.302. The van der Waals surface area contributed by atoms with E-state index in [4.69, 9.17) is 14.2 Å².